The summed E-state index contributed by atoms with van der Waals surface area (Å²) in [6, 6.07) is 16.3. The van der Waals surface area contributed by atoms with Crippen LogP contribution in [0.4, 0.5) is 21.9 Å². The number of rotatable bonds is 6. The molecule has 6 rings (SSSR count). The van der Waals surface area contributed by atoms with E-state index in [-0.39, 0.29) is 18.0 Å². The molecular formula is C29H26ClN5O3S. The minimum Gasteiger partial charge on any atom is -0.456 e. The predicted molar refractivity (Wildman–Crippen MR) is 156 cm³/mol. The van der Waals surface area contributed by atoms with E-state index in [0.717, 1.165) is 34.5 Å². The maximum Gasteiger partial charge on any atom is 0.331 e. The molecule has 2 aromatic carbocycles. The molecule has 3 amide bonds. The van der Waals surface area contributed by atoms with Gasteiger partial charge in [0.1, 0.15) is 16.3 Å². The lowest BCUT2D eigenvalue weighted by molar-refractivity contribution is -0.130. The first-order chi connectivity index (χ1) is 18.9. The van der Waals surface area contributed by atoms with Crippen LogP contribution in [0.3, 0.4) is 0 Å². The monoisotopic (exact) mass is 559 g/mol. The SMILES string of the molecule is C=C(N[C@@H]1CCCN(C(C)=O)C1)c1sc2nccc3c2c1NC(=O)N3c1ccc(Oc2ccccc2)c(Cl)c1. The summed E-state index contributed by atoms with van der Waals surface area (Å²) in [7, 11) is 0. The van der Waals surface area contributed by atoms with Crippen molar-refractivity contribution in [1.29, 1.82) is 0 Å². The van der Waals surface area contributed by atoms with Crippen LogP contribution in [0, 0.1) is 0 Å². The van der Waals surface area contributed by atoms with Crippen molar-refractivity contribution in [3.8, 4) is 11.5 Å². The number of piperidine rings is 1. The predicted octanol–water partition coefficient (Wildman–Crippen LogP) is 7.00. The van der Waals surface area contributed by atoms with Crippen LogP contribution >= 0.6 is 22.9 Å². The highest BCUT2D eigenvalue weighted by Crippen LogP contribution is 2.48. The average Bonchev–Trinajstić information content (AvgIpc) is 3.30. The Hall–Kier alpha value is -4.08. The molecule has 2 aromatic heterocycles. The second-order valence-electron chi connectivity index (χ2n) is 9.54. The van der Waals surface area contributed by atoms with Crippen molar-refractivity contribution in [2.75, 3.05) is 23.3 Å². The van der Waals surface area contributed by atoms with E-state index in [1.807, 2.05) is 41.3 Å². The molecule has 0 saturated carbocycles. The Morgan fingerprint density at radius 3 is 2.82 bits per heavy atom. The zero-order valence-electron chi connectivity index (χ0n) is 21.2. The zero-order valence-corrected chi connectivity index (χ0v) is 22.8. The quantitative estimate of drug-likeness (QED) is 0.266. The number of hydrogen-bond acceptors (Lipinski definition) is 6. The highest BCUT2D eigenvalue weighted by atomic mass is 35.5. The maximum absolute atomic E-state index is 13.5. The second kappa shape index (κ2) is 10.2. The van der Waals surface area contributed by atoms with Gasteiger partial charge < -0.3 is 20.3 Å². The molecule has 198 valence electrons. The van der Waals surface area contributed by atoms with Crippen LogP contribution in [0.5, 0.6) is 11.5 Å². The molecule has 2 aliphatic heterocycles. The summed E-state index contributed by atoms with van der Waals surface area (Å²) in [5.41, 5.74) is 2.70. The second-order valence-corrected chi connectivity index (χ2v) is 10.9. The Labute approximate surface area is 234 Å². The lowest BCUT2D eigenvalue weighted by atomic mass is 10.0. The molecule has 8 nitrogen and oxygen atoms in total. The maximum atomic E-state index is 13.5. The van der Waals surface area contributed by atoms with Crippen molar-refractivity contribution >= 4 is 67.9 Å². The van der Waals surface area contributed by atoms with Gasteiger partial charge in [0.25, 0.3) is 0 Å². The number of carbonyl (C=O) groups excluding carboxylic acids is 2. The van der Waals surface area contributed by atoms with Gasteiger partial charge in [-0.25, -0.2) is 9.78 Å². The lowest BCUT2D eigenvalue weighted by Crippen LogP contribution is -2.46. The standard InChI is InChI=1S/C29H26ClN5O3S/c1-17(32-19-7-6-14-34(16-19)18(2)36)27-26-25-23(12-13-31-28(25)39-27)35(29(37)33-26)20-10-11-24(22(30)15-20)38-21-8-4-3-5-9-21/h3-5,8-13,15,19,32H,1,6-7,14,16H2,2H3,(H,33,37)/t19-/m1/s1. The van der Waals surface area contributed by atoms with Gasteiger partial charge in [-0.15, -0.1) is 11.3 Å². The third-order valence-corrected chi connectivity index (χ3v) is 8.36. The third-order valence-electron chi connectivity index (χ3n) is 6.91. The van der Waals surface area contributed by atoms with Crippen molar-refractivity contribution in [3.05, 3.63) is 77.3 Å². The number of nitrogens with one attached hydrogen (secondary N) is 2. The molecule has 4 heterocycles. The third kappa shape index (κ3) is 4.79. The zero-order chi connectivity index (χ0) is 27.1. The first-order valence-electron chi connectivity index (χ1n) is 12.7. The van der Waals surface area contributed by atoms with Gasteiger partial charge in [0.05, 0.1) is 32.3 Å². The summed E-state index contributed by atoms with van der Waals surface area (Å²) in [4.78, 5) is 35.0. The van der Waals surface area contributed by atoms with E-state index < -0.39 is 0 Å². The smallest absolute Gasteiger partial charge is 0.331 e. The molecule has 0 spiro atoms. The number of nitrogens with zero attached hydrogens (tertiary/aromatic N) is 3. The first-order valence-corrected chi connectivity index (χ1v) is 13.8. The fourth-order valence-corrected chi connectivity index (χ4v) is 6.34. The fraction of sp³-hybridized carbons (Fsp3) is 0.207. The molecule has 1 saturated heterocycles. The van der Waals surface area contributed by atoms with Gasteiger partial charge in [-0.05, 0) is 49.2 Å². The van der Waals surface area contributed by atoms with Gasteiger partial charge in [0.2, 0.25) is 5.91 Å². The molecule has 0 unspecified atom stereocenters. The van der Waals surface area contributed by atoms with E-state index in [9.17, 15) is 9.59 Å². The van der Waals surface area contributed by atoms with E-state index >= 15 is 0 Å². The number of ether oxygens (including phenoxy) is 1. The Bertz CT molecular complexity index is 1610. The largest absolute Gasteiger partial charge is 0.456 e. The van der Waals surface area contributed by atoms with Gasteiger partial charge >= 0.3 is 6.03 Å². The van der Waals surface area contributed by atoms with Gasteiger partial charge in [-0.2, -0.15) is 0 Å². The number of para-hydroxylation sites is 1. The molecule has 0 bridgehead atoms. The van der Waals surface area contributed by atoms with E-state index in [2.05, 4.69) is 22.2 Å². The molecule has 1 fully saturated rings. The molecule has 1 atom stereocenters. The summed E-state index contributed by atoms with van der Waals surface area (Å²) in [5, 5.41) is 7.77. The Kier molecular flexibility index (Phi) is 6.62. The van der Waals surface area contributed by atoms with Crippen LogP contribution in [0.1, 0.15) is 24.6 Å². The van der Waals surface area contributed by atoms with E-state index in [1.165, 1.54) is 11.3 Å². The average molecular weight is 560 g/mol. The number of aromatic nitrogens is 1. The molecular weight excluding hydrogens is 534 g/mol. The summed E-state index contributed by atoms with van der Waals surface area (Å²) < 4.78 is 5.91. The Balaban J connectivity index is 1.30. The van der Waals surface area contributed by atoms with Crippen LogP contribution in [-0.2, 0) is 4.79 Å². The number of halogens is 1. The number of hydrogen-bond donors (Lipinski definition) is 2. The number of thiophene rings is 1. The number of urea groups is 1. The minimum absolute atomic E-state index is 0.0741. The molecule has 4 aromatic rings. The van der Waals surface area contributed by atoms with E-state index in [1.54, 1.807) is 36.2 Å². The van der Waals surface area contributed by atoms with Crippen molar-refractivity contribution in [1.82, 2.24) is 15.2 Å². The van der Waals surface area contributed by atoms with Crippen molar-refractivity contribution in [2.24, 2.45) is 0 Å². The Morgan fingerprint density at radius 2 is 2.05 bits per heavy atom. The molecule has 0 radical (unpaired) electrons. The summed E-state index contributed by atoms with van der Waals surface area (Å²) in [6.07, 6.45) is 3.57. The van der Waals surface area contributed by atoms with Crippen LogP contribution in [-0.4, -0.2) is 41.0 Å². The van der Waals surface area contributed by atoms with Crippen molar-refractivity contribution < 1.29 is 14.3 Å². The number of benzene rings is 2. The molecule has 10 heteroatoms. The Morgan fingerprint density at radius 1 is 1.23 bits per heavy atom. The number of carbonyl (C=O) groups is 2. The van der Waals surface area contributed by atoms with Crippen LogP contribution in [0.2, 0.25) is 5.02 Å². The number of anilines is 3. The normalized spacial score (nSPS) is 16.7. The van der Waals surface area contributed by atoms with Crippen LogP contribution in [0.25, 0.3) is 15.9 Å². The number of pyridine rings is 1. The van der Waals surface area contributed by atoms with Crippen LogP contribution in [0.15, 0.2) is 67.4 Å². The topological polar surface area (TPSA) is 86.8 Å². The first kappa shape index (κ1) is 25.2. The van der Waals surface area contributed by atoms with Gasteiger partial charge in [0, 0.05) is 37.9 Å². The summed E-state index contributed by atoms with van der Waals surface area (Å²) in [5.74, 6) is 1.24. The number of likely N-dealkylation sites (tertiary alicyclic amines) is 1. The van der Waals surface area contributed by atoms with Gasteiger partial charge in [-0.1, -0.05) is 36.4 Å². The molecule has 0 aliphatic carbocycles. The van der Waals surface area contributed by atoms with Crippen LogP contribution < -0.4 is 20.3 Å². The molecule has 2 aliphatic rings. The lowest BCUT2D eigenvalue weighted by Gasteiger charge is -2.33. The highest BCUT2D eigenvalue weighted by Gasteiger charge is 2.32. The van der Waals surface area contributed by atoms with Crippen molar-refractivity contribution in [2.45, 2.75) is 25.8 Å². The fourth-order valence-electron chi connectivity index (χ4n) is 5.07. The summed E-state index contributed by atoms with van der Waals surface area (Å²) >= 11 is 8.05. The van der Waals surface area contributed by atoms with Gasteiger partial charge in [-0.3, -0.25) is 9.69 Å². The molecule has 2 N–H and O–H groups in total. The molecule has 39 heavy (non-hydrogen) atoms. The number of amides is 3. The highest BCUT2D eigenvalue weighted by molar-refractivity contribution is 7.20. The minimum atomic E-state index is -0.310. The van der Waals surface area contributed by atoms with Gasteiger partial charge in [0.15, 0.2) is 0 Å². The van der Waals surface area contributed by atoms with Crippen molar-refractivity contribution in [3.63, 3.8) is 0 Å². The summed E-state index contributed by atoms with van der Waals surface area (Å²) in [6.45, 7) is 7.27. The van der Waals surface area contributed by atoms with E-state index in [0.29, 0.717) is 45.8 Å². The van der Waals surface area contributed by atoms with E-state index in [4.69, 9.17) is 16.3 Å².